The Morgan fingerprint density at radius 1 is 1.14 bits per heavy atom. The van der Waals surface area contributed by atoms with Crippen LogP contribution < -0.4 is 10.2 Å². The highest BCUT2D eigenvalue weighted by Crippen LogP contribution is 2.38. The van der Waals surface area contributed by atoms with E-state index in [0.29, 0.717) is 25.5 Å². The van der Waals surface area contributed by atoms with Gasteiger partial charge >= 0.3 is 12.3 Å². The van der Waals surface area contributed by atoms with Gasteiger partial charge in [-0.25, -0.2) is 13.2 Å². The summed E-state index contributed by atoms with van der Waals surface area (Å²) in [6, 6.07) is 5.24. The summed E-state index contributed by atoms with van der Waals surface area (Å²) in [5.74, 6) is -1.69. The minimum absolute atomic E-state index is 0.0929. The average molecular weight is 668 g/mol. The zero-order valence-corrected chi connectivity index (χ0v) is 25.9. The molecule has 0 unspecified atom stereocenters. The summed E-state index contributed by atoms with van der Waals surface area (Å²) in [6.45, 7) is 1.40. The van der Waals surface area contributed by atoms with Crippen molar-refractivity contribution in [3.05, 3.63) is 57.1 Å². The van der Waals surface area contributed by atoms with Crippen LogP contribution in [-0.4, -0.2) is 86.8 Å². The fourth-order valence-corrected chi connectivity index (χ4v) is 6.39. The van der Waals surface area contributed by atoms with Gasteiger partial charge in [0.1, 0.15) is 6.54 Å². The number of halogens is 5. The summed E-state index contributed by atoms with van der Waals surface area (Å²) in [5, 5.41) is 10.6. The van der Waals surface area contributed by atoms with Gasteiger partial charge in [0.05, 0.1) is 21.9 Å². The number of likely N-dealkylation sites (tertiary alicyclic amines) is 1. The summed E-state index contributed by atoms with van der Waals surface area (Å²) in [6.07, 6.45) is -5.10. The molecular formula is C27H31Cl2F3N4O6S. The molecule has 16 heteroatoms. The second kappa shape index (κ2) is 13.7. The molecule has 10 nitrogen and oxygen atoms in total. The molecular weight excluding hydrogens is 636 g/mol. The van der Waals surface area contributed by atoms with Crippen molar-refractivity contribution >= 4 is 56.6 Å². The number of rotatable bonds is 9. The maximum atomic E-state index is 14.3. The van der Waals surface area contributed by atoms with Crippen LogP contribution in [0.1, 0.15) is 41.3 Å². The van der Waals surface area contributed by atoms with Crippen LogP contribution in [0.4, 0.5) is 23.7 Å². The number of hydrogen-bond acceptors (Lipinski definition) is 6. The van der Waals surface area contributed by atoms with E-state index < -0.39 is 51.6 Å². The van der Waals surface area contributed by atoms with E-state index in [4.69, 9.17) is 28.3 Å². The van der Waals surface area contributed by atoms with E-state index >= 15 is 0 Å². The van der Waals surface area contributed by atoms with Crippen molar-refractivity contribution in [2.75, 3.05) is 44.4 Å². The second-order valence-electron chi connectivity index (χ2n) is 10.1. The molecule has 1 heterocycles. The van der Waals surface area contributed by atoms with Crippen LogP contribution in [0, 0.1) is 0 Å². The van der Waals surface area contributed by atoms with E-state index in [2.05, 4.69) is 0 Å². The number of nitrogens with zero attached hydrogens (tertiary/aromatic N) is 3. The molecule has 43 heavy (non-hydrogen) atoms. The molecule has 1 atom stereocenters. The number of piperidine rings is 1. The molecule has 3 rings (SSSR count). The first-order valence-electron chi connectivity index (χ1n) is 13.1. The minimum Gasteiger partial charge on any atom is -0.465 e. The molecule has 0 aromatic heterocycles. The van der Waals surface area contributed by atoms with Crippen molar-refractivity contribution in [3.8, 4) is 0 Å². The van der Waals surface area contributed by atoms with Crippen LogP contribution in [0.15, 0.2) is 35.2 Å². The van der Waals surface area contributed by atoms with E-state index in [1.54, 1.807) is 4.90 Å². The number of carbonyl (C=O) groups excluding carboxylic acids is 2. The van der Waals surface area contributed by atoms with Crippen molar-refractivity contribution in [2.45, 2.75) is 43.4 Å². The summed E-state index contributed by atoms with van der Waals surface area (Å²) < 4.78 is 68.2. The number of sulfone groups is 1. The van der Waals surface area contributed by atoms with Crippen LogP contribution in [0.3, 0.4) is 0 Å². The van der Waals surface area contributed by atoms with Gasteiger partial charge in [-0.15, -0.1) is 0 Å². The lowest BCUT2D eigenvalue weighted by Crippen LogP contribution is -2.50. The Balaban J connectivity index is 1.92. The predicted molar refractivity (Wildman–Crippen MR) is 155 cm³/mol. The normalized spacial score (nSPS) is 16.0. The van der Waals surface area contributed by atoms with E-state index in [9.17, 15) is 36.0 Å². The molecule has 3 amide bonds. The van der Waals surface area contributed by atoms with Gasteiger partial charge in [-0.1, -0.05) is 30.1 Å². The van der Waals surface area contributed by atoms with Gasteiger partial charge in [0.2, 0.25) is 5.91 Å². The van der Waals surface area contributed by atoms with Gasteiger partial charge < -0.3 is 20.2 Å². The molecule has 1 aliphatic heterocycles. The van der Waals surface area contributed by atoms with Gasteiger partial charge in [-0.05, 0) is 55.3 Å². The summed E-state index contributed by atoms with van der Waals surface area (Å²) in [5.41, 5.74) is -1.88. The molecule has 2 aromatic carbocycles. The zero-order chi connectivity index (χ0) is 32.3. The highest BCUT2D eigenvalue weighted by Gasteiger charge is 2.37. The Morgan fingerprint density at radius 3 is 2.42 bits per heavy atom. The summed E-state index contributed by atoms with van der Waals surface area (Å²) in [4.78, 5) is 40.3. The van der Waals surface area contributed by atoms with Crippen molar-refractivity contribution in [2.24, 2.45) is 0 Å². The molecule has 1 saturated heterocycles. The number of amides is 3. The second-order valence-corrected chi connectivity index (χ2v) is 13.1. The van der Waals surface area contributed by atoms with Crippen molar-refractivity contribution in [1.29, 1.82) is 0 Å². The molecule has 2 N–H and O–H groups in total. The number of nitrogens with one attached hydrogen (secondary N) is 1. The van der Waals surface area contributed by atoms with E-state index in [0.717, 1.165) is 11.0 Å². The van der Waals surface area contributed by atoms with Crippen molar-refractivity contribution in [3.63, 3.8) is 0 Å². The number of likely N-dealkylation sites (N-methyl/N-ethyl adjacent to an activating group) is 1. The van der Waals surface area contributed by atoms with Crippen LogP contribution in [0.25, 0.3) is 0 Å². The third-order valence-electron chi connectivity index (χ3n) is 7.24. The molecule has 0 aliphatic carbocycles. The van der Waals surface area contributed by atoms with Crippen LogP contribution >= 0.6 is 23.2 Å². The summed E-state index contributed by atoms with van der Waals surface area (Å²) >= 11 is 12.4. The Kier molecular flexibility index (Phi) is 11.0. The van der Waals surface area contributed by atoms with E-state index in [1.807, 2.05) is 5.32 Å². The predicted octanol–water partition coefficient (Wildman–Crippen LogP) is 4.77. The number of carbonyl (C=O) groups is 3. The topological polar surface area (TPSA) is 127 Å². The van der Waals surface area contributed by atoms with Gasteiger partial charge in [0.15, 0.2) is 9.84 Å². The first kappa shape index (κ1) is 34.4. The number of carboxylic acid groups (broad SMARTS) is 1. The fourth-order valence-electron chi connectivity index (χ4n) is 4.84. The van der Waals surface area contributed by atoms with Crippen LogP contribution in [0.5, 0.6) is 0 Å². The van der Waals surface area contributed by atoms with Gasteiger partial charge in [-0.3, -0.25) is 14.5 Å². The van der Waals surface area contributed by atoms with Crippen molar-refractivity contribution in [1.82, 2.24) is 15.1 Å². The molecule has 0 radical (unpaired) electrons. The third kappa shape index (κ3) is 8.31. The lowest BCUT2D eigenvalue weighted by Gasteiger charge is -2.38. The lowest BCUT2D eigenvalue weighted by atomic mass is 9.99. The third-order valence-corrected chi connectivity index (χ3v) is 9.59. The Labute approximate surface area is 257 Å². The van der Waals surface area contributed by atoms with Gasteiger partial charge in [0.25, 0.3) is 5.91 Å². The maximum Gasteiger partial charge on any atom is 0.416 e. The molecule has 0 bridgehead atoms. The highest BCUT2D eigenvalue weighted by atomic mass is 35.5. The quantitative estimate of drug-likeness (QED) is 0.395. The Bertz CT molecular complexity index is 1510. The van der Waals surface area contributed by atoms with Crippen LogP contribution in [-0.2, 0) is 27.4 Å². The molecule has 1 fully saturated rings. The smallest absolute Gasteiger partial charge is 0.416 e. The van der Waals surface area contributed by atoms with E-state index in [-0.39, 0.29) is 51.1 Å². The molecule has 0 saturated carbocycles. The first-order chi connectivity index (χ1) is 20.0. The number of alkyl halides is 3. The first-order valence-corrected chi connectivity index (χ1v) is 15.5. The van der Waals surface area contributed by atoms with Crippen molar-refractivity contribution < 1.29 is 41.1 Å². The molecule has 1 aliphatic rings. The zero-order valence-electron chi connectivity index (χ0n) is 23.5. The standard InChI is InChI=1S/C27H31Cl2F3N4O6S/c1-4-43(41,42)23-8-7-17(28)12-22(23)35(3)25(38)16-10-20(27(30,31)32)19(21(29)11-16)15-36-9-5-6-18(14-36)34(2)24(37)13-33-26(39)40/h7-8,10-12,18,33H,4-6,9,13-15H2,1-3H3,(H,39,40)/t18-/m0/s1. The van der Waals surface area contributed by atoms with E-state index in [1.165, 1.54) is 44.1 Å². The Morgan fingerprint density at radius 2 is 1.81 bits per heavy atom. The lowest BCUT2D eigenvalue weighted by molar-refractivity contribution is -0.138. The number of benzene rings is 2. The monoisotopic (exact) mass is 666 g/mol. The molecule has 2 aromatic rings. The molecule has 236 valence electrons. The molecule has 0 spiro atoms. The van der Waals surface area contributed by atoms with Gasteiger partial charge in [0, 0.05) is 48.8 Å². The number of anilines is 1. The average Bonchev–Trinajstić information content (AvgIpc) is 2.94. The summed E-state index contributed by atoms with van der Waals surface area (Å²) in [7, 11) is -1.08. The van der Waals surface area contributed by atoms with Crippen LogP contribution in [0.2, 0.25) is 10.0 Å². The fraction of sp³-hybridized carbons (Fsp3) is 0.444. The minimum atomic E-state index is -4.88. The highest BCUT2D eigenvalue weighted by molar-refractivity contribution is 7.91. The number of hydrogen-bond donors (Lipinski definition) is 2. The van der Waals surface area contributed by atoms with Gasteiger partial charge in [-0.2, -0.15) is 13.2 Å². The Hall–Kier alpha value is -3.07. The largest absolute Gasteiger partial charge is 0.465 e. The maximum absolute atomic E-state index is 14.3. The SMILES string of the molecule is CCS(=O)(=O)c1ccc(Cl)cc1N(C)C(=O)c1cc(Cl)c(CN2CCC[C@H](N(C)C(=O)CNC(=O)O)C2)c(C(F)(F)F)c1.